The molecule has 0 fully saturated rings. The Balaban J connectivity index is 2.29. The number of hydrogen-bond acceptors (Lipinski definition) is 5. The van der Waals surface area contributed by atoms with Crippen LogP contribution in [-0.2, 0) is 9.63 Å². The first-order valence-electron chi connectivity index (χ1n) is 3.14. The van der Waals surface area contributed by atoms with E-state index < -0.39 is 12.6 Å². The highest BCUT2D eigenvalue weighted by atomic mass is 16.7. The van der Waals surface area contributed by atoms with Gasteiger partial charge in [0, 0.05) is 12.3 Å². The van der Waals surface area contributed by atoms with Crippen molar-refractivity contribution in [1.29, 1.82) is 0 Å². The number of aliphatic carboxylic acids is 1. The Hall–Kier alpha value is -1.69. The third-order valence-corrected chi connectivity index (χ3v) is 0.954. The van der Waals surface area contributed by atoms with E-state index >= 15 is 0 Å². The van der Waals surface area contributed by atoms with Crippen molar-refractivity contribution in [3.05, 3.63) is 18.6 Å². The number of carboxylic acids is 1. The number of nitrogens with one attached hydrogen (secondary N) is 1. The van der Waals surface area contributed by atoms with E-state index in [0.717, 1.165) is 0 Å². The molecule has 2 N–H and O–H groups in total. The molecule has 0 spiro atoms. The Labute approximate surface area is 68.2 Å². The van der Waals surface area contributed by atoms with Crippen LogP contribution in [0.25, 0.3) is 0 Å². The fourth-order valence-corrected chi connectivity index (χ4v) is 0.523. The highest BCUT2D eigenvalue weighted by Crippen LogP contribution is 1.96. The van der Waals surface area contributed by atoms with Crippen LogP contribution in [-0.4, -0.2) is 27.7 Å². The maximum absolute atomic E-state index is 9.99. The van der Waals surface area contributed by atoms with Crippen LogP contribution in [0.4, 0.5) is 5.82 Å². The quantitative estimate of drug-likeness (QED) is 0.612. The van der Waals surface area contributed by atoms with E-state index in [1.54, 1.807) is 6.07 Å². The van der Waals surface area contributed by atoms with Crippen molar-refractivity contribution in [2.75, 3.05) is 12.1 Å². The van der Waals surface area contributed by atoms with Crippen molar-refractivity contribution in [3.63, 3.8) is 0 Å². The molecular formula is C6H7N3O3. The fourth-order valence-electron chi connectivity index (χ4n) is 0.523. The predicted octanol–water partition coefficient (Wildman–Crippen LogP) is -0.0953. The summed E-state index contributed by atoms with van der Waals surface area (Å²) < 4.78 is 0. The average Bonchev–Trinajstić information content (AvgIpc) is 2.05. The van der Waals surface area contributed by atoms with Crippen LogP contribution in [0.2, 0.25) is 0 Å². The van der Waals surface area contributed by atoms with Crippen LogP contribution >= 0.6 is 0 Å². The van der Waals surface area contributed by atoms with Gasteiger partial charge in [0.15, 0.2) is 12.4 Å². The predicted molar refractivity (Wildman–Crippen MR) is 39.2 cm³/mol. The lowest BCUT2D eigenvalue weighted by molar-refractivity contribution is -0.141. The number of anilines is 1. The summed E-state index contributed by atoms with van der Waals surface area (Å²) in [5.74, 6) is -0.622. The Bertz CT molecular complexity index is 251. The number of carbonyl (C=O) groups is 1. The average molecular weight is 169 g/mol. The summed E-state index contributed by atoms with van der Waals surface area (Å²) in [5, 5.41) is 8.19. The molecule has 0 aliphatic carbocycles. The van der Waals surface area contributed by atoms with Gasteiger partial charge in [-0.15, -0.1) is 0 Å². The molecule has 64 valence electrons. The van der Waals surface area contributed by atoms with Crippen molar-refractivity contribution in [2.45, 2.75) is 0 Å². The molecule has 1 aromatic heterocycles. The molecular weight excluding hydrogens is 162 g/mol. The molecule has 0 atom stereocenters. The highest BCUT2D eigenvalue weighted by Gasteiger charge is 1.96. The van der Waals surface area contributed by atoms with Gasteiger partial charge in [-0.1, -0.05) is 0 Å². The largest absolute Gasteiger partial charge is 0.479 e. The third kappa shape index (κ3) is 2.93. The summed E-state index contributed by atoms with van der Waals surface area (Å²) in [4.78, 5) is 21.9. The summed E-state index contributed by atoms with van der Waals surface area (Å²) in [5.41, 5.74) is 2.34. The van der Waals surface area contributed by atoms with Gasteiger partial charge in [0.1, 0.15) is 6.33 Å². The van der Waals surface area contributed by atoms with Gasteiger partial charge in [-0.25, -0.2) is 20.2 Å². The zero-order chi connectivity index (χ0) is 8.81. The number of carboxylic acid groups (broad SMARTS) is 1. The molecule has 0 aromatic carbocycles. The second-order valence-corrected chi connectivity index (χ2v) is 1.88. The van der Waals surface area contributed by atoms with Crippen molar-refractivity contribution < 1.29 is 14.7 Å². The van der Waals surface area contributed by atoms with Crippen LogP contribution in [0.1, 0.15) is 0 Å². The Kier molecular flexibility index (Phi) is 2.97. The molecule has 1 heterocycles. The second-order valence-electron chi connectivity index (χ2n) is 1.88. The third-order valence-electron chi connectivity index (χ3n) is 0.954. The lowest BCUT2D eigenvalue weighted by atomic mass is 10.6. The van der Waals surface area contributed by atoms with Crippen LogP contribution in [0.15, 0.2) is 18.6 Å². The molecule has 0 amide bonds. The minimum Gasteiger partial charge on any atom is -0.479 e. The maximum atomic E-state index is 9.99. The van der Waals surface area contributed by atoms with Gasteiger partial charge in [0.05, 0.1) is 0 Å². The smallest absolute Gasteiger partial charge is 0.332 e. The molecule has 0 bridgehead atoms. The van der Waals surface area contributed by atoms with Gasteiger partial charge in [0.2, 0.25) is 0 Å². The van der Waals surface area contributed by atoms with Crippen molar-refractivity contribution in [2.24, 2.45) is 0 Å². The maximum Gasteiger partial charge on any atom is 0.332 e. The zero-order valence-corrected chi connectivity index (χ0v) is 6.10. The highest BCUT2D eigenvalue weighted by molar-refractivity contribution is 5.68. The van der Waals surface area contributed by atoms with Crippen LogP contribution in [0.3, 0.4) is 0 Å². The van der Waals surface area contributed by atoms with E-state index in [9.17, 15) is 4.79 Å². The Morgan fingerprint density at radius 3 is 3.17 bits per heavy atom. The number of hydrogen-bond donors (Lipinski definition) is 2. The molecule has 0 saturated heterocycles. The molecule has 1 rings (SSSR count). The van der Waals surface area contributed by atoms with Gasteiger partial charge >= 0.3 is 5.97 Å². The lowest BCUT2D eigenvalue weighted by Crippen LogP contribution is -2.11. The fraction of sp³-hybridized carbons (Fsp3) is 0.167. The molecule has 0 radical (unpaired) electrons. The van der Waals surface area contributed by atoms with Gasteiger partial charge in [0.25, 0.3) is 0 Å². The van der Waals surface area contributed by atoms with Crippen molar-refractivity contribution in [1.82, 2.24) is 9.97 Å². The summed E-state index contributed by atoms with van der Waals surface area (Å²) in [6.45, 7) is -0.413. The minimum absolute atomic E-state index is 0.413. The van der Waals surface area contributed by atoms with E-state index in [-0.39, 0.29) is 0 Å². The van der Waals surface area contributed by atoms with Crippen LogP contribution < -0.4 is 5.48 Å². The van der Waals surface area contributed by atoms with Gasteiger partial charge in [-0.2, -0.15) is 0 Å². The topological polar surface area (TPSA) is 84.3 Å². The standard InChI is InChI=1S/C6H7N3O3/c10-6(11)3-12-9-5-1-2-7-4-8-5/h1-2,4H,3H2,(H,10,11)(H,7,8,9). The summed E-state index contributed by atoms with van der Waals surface area (Å²) in [6, 6.07) is 1.56. The van der Waals surface area contributed by atoms with E-state index in [0.29, 0.717) is 5.82 Å². The minimum atomic E-state index is -1.04. The molecule has 6 nitrogen and oxygen atoms in total. The molecule has 0 aliphatic heterocycles. The van der Waals surface area contributed by atoms with E-state index in [1.165, 1.54) is 12.5 Å². The molecule has 0 saturated carbocycles. The first-order valence-corrected chi connectivity index (χ1v) is 3.14. The van der Waals surface area contributed by atoms with Crippen LogP contribution in [0.5, 0.6) is 0 Å². The first-order chi connectivity index (χ1) is 5.79. The molecule has 1 aromatic rings. The number of aromatic nitrogens is 2. The molecule has 0 aliphatic rings. The van der Waals surface area contributed by atoms with Crippen molar-refractivity contribution >= 4 is 11.8 Å². The Morgan fingerprint density at radius 1 is 1.75 bits per heavy atom. The monoisotopic (exact) mass is 169 g/mol. The molecule has 0 unspecified atom stereocenters. The normalized spacial score (nSPS) is 9.33. The number of rotatable bonds is 4. The SMILES string of the molecule is O=C(O)CONc1ccncn1. The second kappa shape index (κ2) is 4.24. The van der Waals surface area contributed by atoms with Gasteiger partial charge in [-0.3, -0.25) is 4.84 Å². The molecule has 12 heavy (non-hydrogen) atoms. The zero-order valence-electron chi connectivity index (χ0n) is 6.10. The van der Waals surface area contributed by atoms with Gasteiger partial charge in [-0.05, 0) is 0 Å². The summed E-state index contributed by atoms with van der Waals surface area (Å²) in [6.07, 6.45) is 2.84. The van der Waals surface area contributed by atoms with E-state index in [4.69, 9.17) is 5.11 Å². The Morgan fingerprint density at radius 2 is 2.58 bits per heavy atom. The van der Waals surface area contributed by atoms with Crippen LogP contribution in [0, 0.1) is 0 Å². The summed E-state index contributed by atoms with van der Waals surface area (Å²) >= 11 is 0. The summed E-state index contributed by atoms with van der Waals surface area (Å²) in [7, 11) is 0. The lowest BCUT2D eigenvalue weighted by Gasteiger charge is -2.01. The van der Waals surface area contributed by atoms with Gasteiger partial charge < -0.3 is 5.11 Å². The van der Waals surface area contributed by atoms with E-state index in [1.807, 2.05) is 0 Å². The van der Waals surface area contributed by atoms with Crippen molar-refractivity contribution in [3.8, 4) is 0 Å². The molecule has 6 heteroatoms. The van der Waals surface area contributed by atoms with E-state index in [2.05, 4.69) is 20.3 Å². The number of nitrogens with zero attached hydrogens (tertiary/aromatic N) is 2. The first kappa shape index (κ1) is 8.41.